The minimum Gasteiger partial charge on any atom is -0.480 e. The van der Waals surface area contributed by atoms with Gasteiger partial charge in [-0.1, -0.05) is 0 Å². The van der Waals surface area contributed by atoms with E-state index in [4.69, 9.17) is 5.11 Å². The molecule has 1 fully saturated rings. The van der Waals surface area contributed by atoms with Crippen molar-refractivity contribution >= 4 is 11.9 Å². The molecule has 1 aliphatic carbocycles. The first kappa shape index (κ1) is 12.7. The number of rotatable bonds is 4. The molecular formula is C13H18N2O3. The van der Waals surface area contributed by atoms with Crippen LogP contribution in [0.15, 0.2) is 18.3 Å². The van der Waals surface area contributed by atoms with Gasteiger partial charge in [0.05, 0.1) is 0 Å². The molecule has 1 saturated carbocycles. The van der Waals surface area contributed by atoms with Crippen LogP contribution in [0.2, 0.25) is 0 Å². The van der Waals surface area contributed by atoms with Crippen LogP contribution in [0.4, 0.5) is 0 Å². The first-order chi connectivity index (χ1) is 8.52. The largest absolute Gasteiger partial charge is 0.480 e. The Bertz CT molecular complexity index is 463. The van der Waals surface area contributed by atoms with E-state index in [1.54, 1.807) is 6.07 Å². The van der Waals surface area contributed by atoms with Gasteiger partial charge in [0.1, 0.15) is 11.7 Å². The SMILES string of the molecule is CC(C(=O)O)N(C)C(=O)c1cccn1C1CCC1. The summed E-state index contributed by atoms with van der Waals surface area (Å²) in [5.74, 6) is -1.23. The molecular weight excluding hydrogens is 232 g/mol. The summed E-state index contributed by atoms with van der Waals surface area (Å²) in [6.07, 6.45) is 5.27. The summed E-state index contributed by atoms with van der Waals surface area (Å²) >= 11 is 0. The molecule has 1 aliphatic rings. The molecule has 1 heterocycles. The van der Waals surface area contributed by atoms with E-state index >= 15 is 0 Å². The zero-order valence-corrected chi connectivity index (χ0v) is 10.7. The van der Waals surface area contributed by atoms with Crippen molar-refractivity contribution in [2.75, 3.05) is 7.05 Å². The second-order valence-electron chi connectivity index (χ2n) is 4.82. The normalized spacial score (nSPS) is 17.0. The lowest BCUT2D eigenvalue weighted by atomic mass is 9.93. The highest BCUT2D eigenvalue weighted by Crippen LogP contribution is 2.33. The second kappa shape index (κ2) is 4.84. The number of amides is 1. The van der Waals surface area contributed by atoms with Crippen LogP contribution in [0.25, 0.3) is 0 Å². The van der Waals surface area contributed by atoms with E-state index in [9.17, 15) is 9.59 Å². The first-order valence-corrected chi connectivity index (χ1v) is 6.19. The maximum atomic E-state index is 12.3. The fourth-order valence-corrected chi connectivity index (χ4v) is 2.08. The van der Waals surface area contributed by atoms with Crippen LogP contribution in [0.5, 0.6) is 0 Å². The molecule has 98 valence electrons. The van der Waals surface area contributed by atoms with E-state index in [1.165, 1.54) is 25.3 Å². The Labute approximate surface area is 106 Å². The van der Waals surface area contributed by atoms with E-state index in [-0.39, 0.29) is 5.91 Å². The number of carboxylic acids is 1. The van der Waals surface area contributed by atoms with Crippen molar-refractivity contribution in [2.45, 2.75) is 38.3 Å². The van der Waals surface area contributed by atoms with Crippen molar-refractivity contribution in [3.63, 3.8) is 0 Å². The third-order valence-electron chi connectivity index (χ3n) is 3.72. The minimum absolute atomic E-state index is 0.234. The molecule has 5 heteroatoms. The average molecular weight is 250 g/mol. The average Bonchev–Trinajstić information content (AvgIpc) is 2.72. The van der Waals surface area contributed by atoms with Crippen LogP contribution < -0.4 is 0 Å². The maximum Gasteiger partial charge on any atom is 0.326 e. The van der Waals surface area contributed by atoms with Crippen molar-refractivity contribution in [1.82, 2.24) is 9.47 Å². The highest BCUT2D eigenvalue weighted by Gasteiger charge is 2.28. The number of hydrogen-bond donors (Lipinski definition) is 1. The van der Waals surface area contributed by atoms with Gasteiger partial charge in [-0.2, -0.15) is 0 Å². The van der Waals surface area contributed by atoms with Gasteiger partial charge in [-0.15, -0.1) is 0 Å². The number of carbonyl (C=O) groups excluding carboxylic acids is 1. The van der Waals surface area contributed by atoms with Crippen molar-refractivity contribution in [1.29, 1.82) is 0 Å². The Hall–Kier alpha value is -1.78. The lowest BCUT2D eigenvalue weighted by Gasteiger charge is -2.30. The molecule has 1 aromatic heterocycles. The minimum atomic E-state index is -0.993. The first-order valence-electron chi connectivity index (χ1n) is 6.19. The van der Waals surface area contributed by atoms with Crippen molar-refractivity contribution < 1.29 is 14.7 Å². The number of likely N-dealkylation sites (N-methyl/N-ethyl adjacent to an activating group) is 1. The van der Waals surface area contributed by atoms with Crippen LogP contribution in [-0.4, -0.2) is 39.5 Å². The number of aromatic nitrogens is 1. The standard InChI is InChI=1S/C13H18N2O3/c1-9(13(17)18)14(2)12(16)11-7-4-8-15(11)10-5-3-6-10/h4,7-10H,3,5-6H2,1-2H3,(H,17,18). The number of nitrogens with zero attached hydrogens (tertiary/aromatic N) is 2. The third kappa shape index (κ3) is 2.12. The van der Waals surface area contributed by atoms with Crippen LogP contribution in [0.1, 0.15) is 42.7 Å². The molecule has 1 aromatic rings. The summed E-state index contributed by atoms with van der Waals surface area (Å²) in [4.78, 5) is 24.4. The van der Waals surface area contributed by atoms with Gasteiger partial charge in [0.15, 0.2) is 0 Å². The molecule has 0 aliphatic heterocycles. The van der Waals surface area contributed by atoms with Gasteiger partial charge in [0, 0.05) is 19.3 Å². The summed E-state index contributed by atoms with van der Waals surface area (Å²) in [5, 5.41) is 8.93. The molecule has 0 saturated heterocycles. The van der Waals surface area contributed by atoms with Gasteiger partial charge in [-0.25, -0.2) is 4.79 Å². The quantitative estimate of drug-likeness (QED) is 0.885. The number of carbonyl (C=O) groups is 2. The molecule has 0 bridgehead atoms. The van der Waals surface area contributed by atoms with E-state index < -0.39 is 12.0 Å². The lowest BCUT2D eigenvalue weighted by Crippen LogP contribution is -2.41. The number of aliphatic carboxylic acids is 1. The highest BCUT2D eigenvalue weighted by molar-refractivity contribution is 5.95. The summed E-state index contributed by atoms with van der Waals surface area (Å²) < 4.78 is 1.97. The molecule has 5 nitrogen and oxygen atoms in total. The Morgan fingerprint density at radius 1 is 1.50 bits per heavy atom. The Balaban J connectivity index is 2.18. The van der Waals surface area contributed by atoms with Crippen molar-refractivity contribution in [3.05, 3.63) is 24.0 Å². The van der Waals surface area contributed by atoms with Crippen LogP contribution in [0.3, 0.4) is 0 Å². The molecule has 1 atom stereocenters. The summed E-state index contributed by atoms with van der Waals surface area (Å²) in [5.41, 5.74) is 0.579. The molecule has 18 heavy (non-hydrogen) atoms. The summed E-state index contributed by atoms with van der Waals surface area (Å²) in [6, 6.07) is 3.17. The van der Waals surface area contributed by atoms with Gasteiger partial charge in [-0.05, 0) is 38.3 Å². The zero-order valence-electron chi connectivity index (χ0n) is 10.7. The Morgan fingerprint density at radius 3 is 2.67 bits per heavy atom. The second-order valence-corrected chi connectivity index (χ2v) is 4.82. The van der Waals surface area contributed by atoms with Crippen LogP contribution >= 0.6 is 0 Å². The molecule has 0 radical (unpaired) electrons. The summed E-state index contributed by atoms with van der Waals surface area (Å²) in [6.45, 7) is 1.51. The zero-order chi connectivity index (χ0) is 13.3. The van der Waals surface area contributed by atoms with Gasteiger partial charge < -0.3 is 14.6 Å². The van der Waals surface area contributed by atoms with E-state index in [1.807, 2.05) is 16.8 Å². The number of carboxylic acid groups (broad SMARTS) is 1. The molecule has 1 unspecified atom stereocenters. The molecule has 2 rings (SSSR count). The number of hydrogen-bond acceptors (Lipinski definition) is 2. The van der Waals surface area contributed by atoms with E-state index in [0.717, 1.165) is 12.8 Å². The highest BCUT2D eigenvalue weighted by atomic mass is 16.4. The van der Waals surface area contributed by atoms with Gasteiger partial charge in [0.25, 0.3) is 5.91 Å². The molecule has 1 N–H and O–H groups in total. The third-order valence-corrected chi connectivity index (χ3v) is 3.72. The van der Waals surface area contributed by atoms with Gasteiger partial charge in [0.2, 0.25) is 0 Å². The van der Waals surface area contributed by atoms with Gasteiger partial charge >= 0.3 is 5.97 Å². The van der Waals surface area contributed by atoms with Crippen LogP contribution in [-0.2, 0) is 4.79 Å². The smallest absolute Gasteiger partial charge is 0.326 e. The fraction of sp³-hybridized carbons (Fsp3) is 0.538. The summed E-state index contributed by atoms with van der Waals surface area (Å²) in [7, 11) is 1.53. The van der Waals surface area contributed by atoms with Crippen LogP contribution in [0, 0.1) is 0 Å². The lowest BCUT2D eigenvalue weighted by molar-refractivity contribution is -0.141. The topological polar surface area (TPSA) is 62.5 Å². The molecule has 0 spiro atoms. The monoisotopic (exact) mass is 250 g/mol. The van der Waals surface area contributed by atoms with E-state index in [2.05, 4.69) is 0 Å². The van der Waals surface area contributed by atoms with Crippen molar-refractivity contribution in [2.24, 2.45) is 0 Å². The predicted octanol–water partition coefficient (Wildman–Crippen LogP) is 1.76. The van der Waals surface area contributed by atoms with Gasteiger partial charge in [-0.3, -0.25) is 4.79 Å². The Kier molecular flexibility index (Phi) is 3.41. The predicted molar refractivity (Wildman–Crippen MR) is 66.5 cm³/mol. The Morgan fingerprint density at radius 2 is 2.17 bits per heavy atom. The van der Waals surface area contributed by atoms with E-state index in [0.29, 0.717) is 11.7 Å². The maximum absolute atomic E-state index is 12.3. The molecule has 0 aromatic carbocycles. The fourth-order valence-electron chi connectivity index (χ4n) is 2.08. The van der Waals surface area contributed by atoms with Crippen molar-refractivity contribution in [3.8, 4) is 0 Å². The molecule has 1 amide bonds.